The minimum absolute atomic E-state index is 0.754. The Kier molecular flexibility index (Phi) is 3.92. The molecule has 3 nitrogen and oxygen atoms in total. The van der Waals surface area contributed by atoms with Crippen LogP contribution >= 0.6 is 15.9 Å². The van der Waals surface area contributed by atoms with E-state index >= 15 is 0 Å². The van der Waals surface area contributed by atoms with Crippen LogP contribution in [0, 0.1) is 12.8 Å². The van der Waals surface area contributed by atoms with E-state index in [4.69, 9.17) is 5.73 Å². The van der Waals surface area contributed by atoms with Gasteiger partial charge in [0, 0.05) is 13.1 Å². The fraction of sp³-hybridized carbons (Fsp3) is 0.615. The maximum Gasteiger partial charge on any atom is 0.143 e. The number of nitrogen functional groups attached to an aromatic ring is 1. The van der Waals surface area contributed by atoms with Gasteiger partial charge < -0.3 is 10.6 Å². The highest BCUT2D eigenvalue weighted by Crippen LogP contribution is 2.32. The molecule has 0 saturated carbocycles. The lowest BCUT2D eigenvalue weighted by Crippen LogP contribution is -2.25. The summed E-state index contributed by atoms with van der Waals surface area (Å²) in [5, 5.41) is 0. The van der Waals surface area contributed by atoms with E-state index in [0.29, 0.717) is 0 Å². The zero-order valence-corrected chi connectivity index (χ0v) is 12.1. The van der Waals surface area contributed by atoms with E-state index in [0.717, 1.165) is 40.5 Å². The van der Waals surface area contributed by atoms with E-state index < -0.39 is 0 Å². The maximum atomic E-state index is 5.86. The molecule has 2 N–H and O–H groups in total. The fourth-order valence-corrected chi connectivity index (χ4v) is 2.86. The van der Waals surface area contributed by atoms with E-state index in [9.17, 15) is 0 Å². The number of anilines is 2. The van der Waals surface area contributed by atoms with Gasteiger partial charge >= 0.3 is 0 Å². The highest BCUT2D eigenvalue weighted by molar-refractivity contribution is 9.10. The predicted octanol–water partition coefficient (Wildman–Crippen LogP) is 3.36. The molecule has 0 aromatic carbocycles. The van der Waals surface area contributed by atoms with Crippen molar-refractivity contribution >= 4 is 27.4 Å². The summed E-state index contributed by atoms with van der Waals surface area (Å²) in [5.74, 6) is 1.87. The Balaban J connectivity index is 2.24. The van der Waals surface area contributed by atoms with Crippen LogP contribution in [0.4, 0.5) is 11.5 Å². The first-order chi connectivity index (χ1) is 8.09. The summed E-state index contributed by atoms with van der Waals surface area (Å²) in [6.07, 6.45) is 5.59. The normalized spacial score (nSPS) is 21.4. The molecule has 2 heterocycles. The van der Waals surface area contributed by atoms with E-state index in [-0.39, 0.29) is 0 Å². The Morgan fingerprint density at radius 2 is 2.18 bits per heavy atom. The highest BCUT2D eigenvalue weighted by Gasteiger charge is 2.18. The molecule has 0 aliphatic carbocycles. The van der Waals surface area contributed by atoms with Crippen LogP contribution in [0.2, 0.25) is 0 Å². The second-order valence-electron chi connectivity index (χ2n) is 5.00. The molecule has 1 saturated heterocycles. The molecule has 1 unspecified atom stereocenters. The second kappa shape index (κ2) is 5.25. The summed E-state index contributed by atoms with van der Waals surface area (Å²) in [5.41, 5.74) is 7.70. The Morgan fingerprint density at radius 3 is 2.94 bits per heavy atom. The number of rotatable bonds is 1. The van der Waals surface area contributed by atoms with E-state index in [1.165, 1.54) is 19.3 Å². The molecule has 1 atom stereocenters. The molecule has 0 amide bonds. The number of halogens is 1. The van der Waals surface area contributed by atoms with Gasteiger partial charge in [0.2, 0.25) is 0 Å². The summed E-state index contributed by atoms with van der Waals surface area (Å²) in [7, 11) is 0. The summed E-state index contributed by atoms with van der Waals surface area (Å²) in [4.78, 5) is 6.86. The molecule has 94 valence electrons. The lowest BCUT2D eigenvalue weighted by atomic mass is 10.0. The number of hydrogen-bond donors (Lipinski definition) is 1. The van der Waals surface area contributed by atoms with Gasteiger partial charge in [-0.15, -0.1) is 0 Å². The largest absolute Gasteiger partial charge is 0.397 e. The SMILES string of the molecule is Cc1c(N)cnc(N2CCCC(C)CC2)c1Br. The van der Waals surface area contributed by atoms with Crippen LogP contribution in [0.3, 0.4) is 0 Å². The lowest BCUT2D eigenvalue weighted by Gasteiger charge is -2.23. The third-order valence-electron chi connectivity index (χ3n) is 3.60. The van der Waals surface area contributed by atoms with Crippen molar-refractivity contribution < 1.29 is 0 Å². The topological polar surface area (TPSA) is 42.1 Å². The summed E-state index contributed by atoms with van der Waals surface area (Å²) < 4.78 is 1.05. The Labute approximate surface area is 112 Å². The van der Waals surface area contributed by atoms with Gasteiger partial charge in [0.05, 0.1) is 16.4 Å². The van der Waals surface area contributed by atoms with Crippen LogP contribution in [0.15, 0.2) is 10.7 Å². The van der Waals surface area contributed by atoms with Gasteiger partial charge in [0.25, 0.3) is 0 Å². The van der Waals surface area contributed by atoms with Crippen LogP contribution in [0.1, 0.15) is 31.7 Å². The fourth-order valence-electron chi connectivity index (χ4n) is 2.27. The third kappa shape index (κ3) is 2.73. The van der Waals surface area contributed by atoms with Crippen LogP contribution < -0.4 is 10.6 Å². The molecule has 2 rings (SSSR count). The number of aromatic nitrogens is 1. The molecule has 4 heteroatoms. The number of pyridine rings is 1. The minimum atomic E-state index is 0.754. The molecule has 0 radical (unpaired) electrons. The zero-order chi connectivity index (χ0) is 12.4. The first-order valence-corrected chi connectivity index (χ1v) is 7.04. The maximum absolute atomic E-state index is 5.86. The van der Waals surface area contributed by atoms with Crippen molar-refractivity contribution in [2.24, 2.45) is 5.92 Å². The van der Waals surface area contributed by atoms with Crippen molar-refractivity contribution in [3.63, 3.8) is 0 Å². The number of hydrogen-bond acceptors (Lipinski definition) is 3. The Morgan fingerprint density at radius 1 is 1.41 bits per heavy atom. The first kappa shape index (κ1) is 12.7. The Hall–Kier alpha value is -0.770. The van der Waals surface area contributed by atoms with Crippen molar-refractivity contribution in [3.05, 3.63) is 16.2 Å². The summed E-state index contributed by atoms with van der Waals surface area (Å²) >= 11 is 3.62. The molecule has 1 aliphatic rings. The average molecular weight is 298 g/mol. The molecular weight excluding hydrogens is 278 g/mol. The quantitative estimate of drug-likeness (QED) is 0.864. The second-order valence-corrected chi connectivity index (χ2v) is 5.79. The van der Waals surface area contributed by atoms with Crippen molar-refractivity contribution in [3.8, 4) is 0 Å². The van der Waals surface area contributed by atoms with E-state index in [2.05, 4.69) is 32.7 Å². The van der Waals surface area contributed by atoms with Gasteiger partial charge in [-0.3, -0.25) is 0 Å². The van der Waals surface area contributed by atoms with Gasteiger partial charge in [-0.1, -0.05) is 6.92 Å². The molecule has 1 aromatic heterocycles. The lowest BCUT2D eigenvalue weighted by molar-refractivity contribution is 0.521. The van der Waals surface area contributed by atoms with Gasteiger partial charge in [0.15, 0.2) is 0 Å². The van der Waals surface area contributed by atoms with Crippen molar-refractivity contribution in [1.29, 1.82) is 0 Å². The molecule has 1 aliphatic heterocycles. The predicted molar refractivity (Wildman–Crippen MR) is 76.3 cm³/mol. The molecule has 0 spiro atoms. The van der Waals surface area contributed by atoms with Gasteiger partial charge in [-0.2, -0.15) is 0 Å². The van der Waals surface area contributed by atoms with Gasteiger partial charge in [0.1, 0.15) is 5.82 Å². The third-order valence-corrected chi connectivity index (χ3v) is 4.55. The first-order valence-electron chi connectivity index (χ1n) is 6.25. The van der Waals surface area contributed by atoms with Crippen LogP contribution in [-0.2, 0) is 0 Å². The van der Waals surface area contributed by atoms with E-state index in [1.54, 1.807) is 6.20 Å². The van der Waals surface area contributed by atoms with Crippen molar-refractivity contribution in [2.45, 2.75) is 33.1 Å². The molecule has 0 bridgehead atoms. The van der Waals surface area contributed by atoms with Gasteiger partial charge in [-0.05, 0) is 53.6 Å². The van der Waals surface area contributed by atoms with E-state index in [1.807, 2.05) is 6.92 Å². The van der Waals surface area contributed by atoms with Crippen LogP contribution in [-0.4, -0.2) is 18.1 Å². The van der Waals surface area contributed by atoms with Crippen molar-refractivity contribution in [1.82, 2.24) is 4.98 Å². The summed E-state index contributed by atoms with van der Waals surface area (Å²) in [6, 6.07) is 0. The number of nitrogens with two attached hydrogens (primary N) is 1. The minimum Gasteiger partial charge on any atom is -0.397 e. The molecule has 17 heavy (non-hydrogen) atoms. The standard InChI is InChI=1S/C13H20BrN3/c1-9-4-3-6-17(7-5-9)13-12(14)10(2)11(15)8-16-13/h8-9H,3-7,15H2,1-2H3. The van der Waals surface area contributed by atoms with Gasteiger partial charge in [-0.25, -0.2) is 4.98 Å². The van der Waals surface area contributed by atoms with Crippen molar-refractivity contribution in [2.75, 3.05) is 23.7 Å². The Bertz CT molecular complexity index is 406. The van der Waals surface area contributed by atoms with Crippen LogP contribution in [0.5, 0.6) is 0 Å². The monoisotopic (exact) mass is 297 g/mol. The number of nitrogens with zero attached hydrogens (tertiary/aromatic N) is 2. The highest BCUT2D eigenvalue weighted by atomic mass is 79.9. The summed E-state index contributed by atoms with van der Waals surface area (Å²) in [6.45, 7) is 6.56. The molecule has 1 aromatic rings. The average Bonchev–Trinajstić information content (AvgIpc) is 2.52. The van der Waals surface area contributed by atoms with Crippen LogP contribution in [0.25, 0.3) is 0 Å². The molecular formula is C13H20BrN3. The zero-order valence-electron chi connectivity index (χ0n) is 10.5. The smallest absolute Gasteiger partial charge is 0.143 e. The molecule has 1 fully saturated rings.